The molecule has 0 amide bonds. The Morgan fingerprint density at radius 1 is 1.00 bits per heavy atom. The highest BCUT2D eigenvalue weighted by Crippen LogP contribution is 2.34. The Labute approximate surface area is 167 Å². The van der Waals surface area contributed by atoms with Crippen molar-refractivity contribution in [3.05, 3.63) is 65.9 Å². The summed E-state index contributed by atoms with van der Waals surface area (Å²) in [7, 11) is 3.00. The fourth-order valence-corrected chi connectivity index (χ4v) is 3.13. The van der Waals surface area contributed by atoms with Crippen molar-refractivity contribution in [3.8, 4) is 11.5 Å². The van der Waals surface area contributed by atoms with Crippen molar-refractivity contribution in [2.75, 3.05) is 14.2 Å². The lowest BCUT2D eigenvalue weighted by Crippen LogP contribution is -2.23. The SMILES string of the molecule is COc1cc2c(cc1OC)CC(CC(F)(F)F)N=C2.c1ccc2ncccc2c1. The molecule has 2 aromatic carbocycles. The van der Waals surface area contributed by atoms with E-state index in [1.165, 1.54) is 25.8 Å². The van der Waals surface area contributed by atoms with Crippen LogP contribution in [0, 0.1) is 0 Å². The van der Waals surface area contributed by atoms with Crippen molar-refractivity contribution in [3.63, 3.8) is 0 Å². The second-order valence-electron chi connectivity index (χ2n) is 6.56. The van der Waals surface area contributed by atoms with Crippen LogP contribution in [0.25, 0.3) is 10.9 Å². The van der Waals surface area contributed by atoms with E-state index in [1.54, 1.807) is 12.1 Å². The number of alkyl halides is 3. The number of aliphatic imine (C=N–C) groups is 1. The lowest BCUT2D eigenvalue weighted by Gasteiger charge is -2.21. The number of ether oxygens (including phenoxy) is 2. The Kier molecular flexibility index (Phi) is 6.36. The fraction of sp³-hybridized carbons (Fsp3) is 0.273. The summed E-state index contributed by atoms with van der Waals surface area (Å²) in [6.45, 7) is 0. The van der Waals surface area contributed by atoms with E-state index >= 15 is 0 Å². The summed E-state index contributed by atoms with van der Waals surface area (Å²) in [5, 5.41) is 1.20. The second kappa shape index (κ2) is 8.94. The van der Waals surface area contributed by atoms with Crippen molar-refractivity contribution in [1.29, 1.82) is 0 Å². The Balaban J connectivity index is 0.000000200. The Hall–Kier alpha value is -3.09. The highest BCUT2D eigenvalue weighted by molar-refractivity contribution is 5.84. The quantitative estimate of drug-likeness (QED) is 0.602. The number of aromatic nitrogens is 1. The van der Waals surface area contributed by atoms with Gasteiger partial charge in [-0.1, -0.05) is 24.3 Å². The normalized spacial score (nSPS) is 15.3. The average molecular weight is 402 g/mol. The number of pyridine rings is 1. The van der Waals surface area contributed by atoms with Crippen molar-refractivity contribution in [1.82, 2.24) is 4.98 Å². The fourth-order valence-electron chi connectivity index (χ4n) is 3.13. The monoisotopic (exact) mass is 402 g/mol. The standard InChI is InChI=1S/C13H14F3NO2.C9H7N/c1-18-11-4-8-3-10(6-13(14,15)16)17-7-9(8)5-12(11)19-2;1-2-6-9-8(4-1)5-3-7-10-9/h4-5,7,10H,3,6H2,1-2H3;1-7H. The molecule has 152 valence electrons. The molecule has 29 heavy (non-hydrogen) atoms. The van der Waals surface area contributed by atoms with Crippen molar-refractivity contribution < 1.29 is 22.6 Å². The topological polar surface area (TPSA) is 43.7 Å². The summed E-state index contributed by atoms with van der Waals surface area (Å²) in [4.78, 5) is 8.13. The van der Waals surface area contributed by atoms with Gasteiger partial charge in [0.25, 0.3) is 0 Å². The lowest BCUT2D eigenvalue weighted by atomic mass is 9.95. The van der Waals surface area contributed by atoms with E-state index in [9.17, 15) is 13.2 Å². The molecule has 4 nitrogen and oxygen atoms in total. The zero-order chi connectivity index (χ0) is 20.9. The van der Waals surface area contributed by atoms with Gasteiger partial charge in [-0.3, -0.25) is 9.98 Å². The van der Waals surface area contributed by atoms with E-state index in [0.717, 1.165) is 16.6 Å². The zero-order valence-electron chi connectivity index (χ0n) is 16.1. The predicted octanol–water partition coefficient (Wildman–Crippen LogP) is 5.23. The van der Waals surface area contributed by atoms with Crippen LogP contribution in [-0.4, -0.2) is 37.6 Å². The molecule has 0 fully saturated rings. The summed E-state index contributed by atoms with van der Waals surface area (Å²) in [5.41, 5.74) is 2.63. The smallest absolute Gasteiger partial charge is 0.391 e. The minimum atomic E-state index is -4.20. The number of methoxy groups -OCH3 is 2. The van der Waals surface area contributed by atoms with Crippen LogP contribution >= 0.6 is 0 Å². The molecule has 0 aliphatic carbocycles. The van der Waals surface area contributed by atoms with Crippen molar-refractivity contribution in [2.24, 2.45) is 4.99 Å². The molecule has 0 saturated heterocycles. The third-order valence-corrected chi connectivity index (χ3v) is 4.50. The lowest BCUT2D eigenvalue weighted by molar-refractivity contribution is -0.137. The van der Waals surface area contributed by atoms with Crippen molar-refractivity contribution >= 4 is 17.1 Å². The highest BCUT2D eigenvalue weighted by atomic mass is 19.4. The predicted molar refractivity (Wildman–Crippen MR) is 107 cm³/mol. The van der Waals surface area contributed by atoms with Gasteiger partial charge in [0.05, 0.1) is 32.2 Å². The summed E-state index contributed by atoms with van der Waals surface area (Å²) in [6.07, 6.45) is -1.57. The molecule has 4 rings (SSSR count). The van der Waals surface area contributed by atoms with E-state index in [1.807, 2.05) is 30.5 Å². The van der Waals surface area contributed by atoms with Crippen LogP contribution in [0.5, 0.6) is 11.5 Å². The van der Waals surface area contributed by atoms with Gasteiger partial charge < -0.3 is 9.47 Å². The summed E-state index contributed by atoms with van der Waals surface area (Å²) < 4.78 is 47.4. The molecule has 0 saturated carbocycles. The molecule has 7 heteroatoms. The van der Waals surface area contributed by atoms with Gasteiger partial charge >= 0.3 is 6.18 Å². The van der Waals surface area contributed by atoms with Gasteiger partial charge in [0.2, 0.25) is 0 Å². The molecular weight excluding hydrogens is 381 g/mol. The molecule has 0 radical (unpaired) electrons. The minimum Gasteiger partial charge on any atom is -0.493 e. The molecule has 1 aliphatic heterocycles. The van der Waals surface area contributed by atoms with Crippen LogP contribution in [0.1, 0.15) is 17.5 Å². The third-order valence-electron chi connectivity index (χ3n) is 4.50. The summed E-state index contributed by atoms with van der Waals surface area (Å²) >= 11 is 0. The van der Waals surface area contributed by atoms with Crippen LogP contribution in [0.4, 0.5) is 13.2 Å². The maximum atomic E-state index is 12.4. The van der Waals surface area contributed by atoms with E-state index in [-0.39, 0.29) is 6.42 Å². The molecule has 3 aromatic rings. The van der Waals surface area contributed by atoms with Gasteiger partial charge in [-0.25, -0.2) is 0 Å². The van der Waals surface area contributed by atoms with Crippen molar-refractivity contribution in [2.45, 2.75) is 25.1 Å². The minimum absolute atomic E-state index is 0.256. The van der Waals surface area contributed by atoms with Gasteiger partial charge in [-0.15, -0.1) is 0 Å². The molecule has 1 atom stereocenters. The molecule has 1 aromatic heterocycles. The van der Waals surface area contributed by atoms with Gasteiger partial charge in [0, 0.05) is 17.8 Å². The number of hydrogen-bond acceptors (Lipinski definition) is 4. The van der Waals surface area contributed by atoms with E-state index in [0.29, 0.717) is 11.5 Å². The maximum Gasteiger partial charge on any atom is 0.391 e. The number of rotatable bonds is 3. The van der Waals surface area contributed by atoms with Crippen LogP contribution in [0.15, 0.2) is 59.7 Å². The number of nitrogens with zero attached hydrogens (tertiary/aromatic N) is 2. The zero-order valence-corrected chi connectivity index (χ0v) is 16.1. The Bertz CT molecular complexity index is 938. The molecule has 1 unspecified atom stereocenters. The molecular formula is C22H21F3N2O2. The van der Waals surface area contributed by atoms with Crippen LogP contribution in [0.2, 0.25) is 0 Å². The largest absolute Gasteiger partial charge is 0.493 e. The van der Waals surface area contributed by atoms with Gasteiger partial charge in [0.1, 0.15) is 0 Å². The van der Waals surface area contributed by atoms with E-state index in [2.05, 4.69) is 22.1 Å². The van der Waals surface area contributed by atoms with Gasteiger partial charge in [-0.05, 0) is 41.8 Å². The first-order valence-corrected chi connectivity index (χ1v) is 9.04. The second-order valence-corrected chi connectivity index (χ2v) is 6.56. The third kappa shape index (κ3) is 5.47. The highest BCUT2D eigenvalue weighted by Gasteiger charge is 2.33. The van der Waals surface area contributed by atoms with Crippen LogP contribution in [0.3, 0.4) is 0 Å². The number of halogens is 3. The Morgan fingerprint density at radius 3 is 2.38 bits per heavy atom. The molecule has 2 heterocycles. The van der Waals surface area contributed by atoms with E-state index in [4.69, 9.17) is 9.47 Å². The molecule has 0 N–H and O–H groups in total. The summed E-state index contributed by atoms with van der Waals surface area (Å²) in [6, 6.07) is 14.8. The van der Waals surface area contributed by atoms with Gasteiger partial charge in [-0.2, -0.15) is 13.2 Å². The molecule has 1 aliphatic rings. The van der Waals surface area contributed by atoms with Crippen LogP contribution in [-0.2, 0) is 6.42 Å². The van der Waals surface area contributed by atoms with Crippen LogP contribution < -0.4 is 9.47 Å². The number of para-hydroxylation sites is 1. The first-order chi connectivity index (χ1) is 13.9. The molecule has 0 bridgehead atoms. The number of benzene rings is 2. The molecule has 0 spiro atoms. The Morgan fingerprint density at radius 2 is 1.69 bits per heavy atom. The average Bonchev–Trinajstić information content (AvgIpc) is 2.72. The summed E-state index contributed by atoms with van der Waals surface area (Å²) in [5.74, 6) is 1.06. The van der Waals surface area contributed by atoms with E-state index < -0.39 is 18.6 Å². The first-order valence-electron chi connectivity index (χ1n) is 9.04. The number of hydrogen-bond donors (Lipinski definition) is 0. The van der Waals surface area contributed by atoms with Gasteiger partial charge in [0.15, 0.2) is 11.5 Å². The first kappa shape index (κ1) is 20.6. The maximum absolute atomic E-state index is 12.4. The number of fused-ring (bicyclic) bond motifs is 2.